The Bertz CT molecular complexity index is 1380. The van der Waals surface area contributed by atoms with Crippen LogP contribution in [0.3, 0.4) is 0 Å². The molecule has 0 atom stereocenters. The molecule has 5 rings (SSSR count). The second kappa shape index (κ2) is 9.51. The van der Waals surface area contributed by atoms with Crippen LogP contribution in [-0.4, -0.2) is 50.8 Å². The lowest BCUT2D eigenvalue weighted by Crippen LogP contribution is -2.19. The van der Waals surface area contributed by atoms with Gasteiger partial charge in [-0.15, -0.1) is 5.10 Å². The zero-order valence-electron chi connectivity index (χ0n) is 18.5. The summed E-state index contributed by atoms with van der Waals surface area (Å²) in [5.41, 5.74) is 9.96. The van der Waals surface area contributed by atoms with Crippen molar-refractivity contribution in [1.29, 1.82) is 0 Å². The highest BCUT2D eigenvalue weighted by atomic mass is 16.7. The summed E-state index contributed by atoms with van der Waals surface area (Å²) in [5.74, 6) is 1.45. The normalized spacial score (nSPS) is 12.3. The fourth-order valence-corrected chi connectivity index (χ4v) is 3.32. The third kappa shape index (κ3) is 4.46. The van der Waals surface area contributed by atoms with Gasteiger partial charge in [0, 0.05) is 5.56 Å². The molecule has 0 radical (unpaired) electrons. The number of nitrogens with zero attached hydrogens (tertiary/aromatic N) is 6. The molecule has 13 heteroatoms. The van der Waals surface area contributed by atoms with Gasteiger partial charge < -0.3 is 19.9 Å². The number of hydrogen-bond acceptors (Lipinski definition) is 11. The van der Waals surface area contributed by atoms with E-state index in [0.717, 1.165) is 6.42 Å². The van der Waals surface area contributed by atoms with Crippen molar-refractivity contribution in [2.24, 2.45) is 5.10 Å². The lowest BCUT2D eigenvalue weighted by Gasteiger charge is -2.08. The predicted molar refractivity (Wildman–Crippen MR) is 122 cm³/mol. The molecule has 35 heavy (non-hydrogen) atoms. The standard InChI is InChI=1S/C22H20N8O5/c1-2-9-32-15-6-4-14(5-7-15)19-18(25-29-30(19)21-20(23)27-35-28-21)22(31)26-24-11-13-3-8-16-17(10-13)34-12-33-16/h3-8,10-11H,2,9,12H2,1H3,(H2,23,27)(H,26,31)/b24-11+. The number of rotatable bonds is 8. The summed E-state index contributed by atoms with van der Waals surface area (Å²) in [6, 6.07) is 12.4. The summed E-state index contributed by atoms with van der Waals surface area (Å²) in [7, 11) is 0. The van der Waals surface area contributed by atoms with Gasteiger partial charge in [0.05, 0.1) is 12.8 Å². The van der Waals surface area contributed by atoms with Crippen molar-refractivity contribution in [1.82, 2.24) is 30.7 Å². The van der Waals surface area contributed by atoms with Gasteiger partial charge in [-0.3, -0.25) is 4.79 Å². The molecular formula is C22H20N8O5. The molecule has 4 aromatic rings. The van der Waals surface area contributed by atoms with E-state index in [1.54, 1.807) is 42.5 Å². The molecule has 0 spiro atoms. The molecule has 1 aliphatic rings. The highest BCUT2D eigenvalue weighted by Gasteiger charge is 2.25. The number of hydrogen-bond donors (Lipinski definition) is 2. The minimum atomic E-state index is -0.593. The zero-order valence-corrected chi connectivity index (χ0v) is 18.5. The van der Waals surface area contributed by atoms with Crippen LogP contribution in [0.15, 0.2) is 52.2 Å². The van der Waals surface area contributed by atoms with E-state index in [9.17, 15) is 4.79 Å². The van der Waals surface area contributed by atoms with Crippen LogP contribution in [0.5, 0.6) is 17.2 Å². The molecule has 0 aliphatic carbocycles. The monoisotopic (exact) mass is 476 g/mol. The van der Waals surface area contributed by atoms with E-state index in [0.29, 0.717) is 40.7 Å². The summed E-state index contributed by atoms with van der Waals surface area (Å²) in [6.07, 6.45) is 2.36. The molecule has 178 valence electrons. The van der Waals surface area contributed by atoms with Crippen LogP contribution < -0.4 is 25.4 Å². The second-order valence-corrected chi connectivity index (χ2v) is 7.36. The Morgan fingerprint density at radius 2 is 2.03 bits per heavy atom. The minimum absolute atomic E-state index is 0.00235. The zero-order chi connectivity index (χ0) is 24.2. The number of nitrogens with one attached hydrogen (secondary N) is 1. The molecule has 1 amide bonds. The maximum absolute atomic E-state index is 13.0. The number of fused-ring (bicyclic) bond motifs is 1. The topological polar surface area (TPSA) is 165 Å². The Labute approximate surface area is 198 Å². The van der Waals surface area contributed by atoms with E-state index in [-0.39, 0.29) is 24.1 Å². The van der Waals surface area contributed by atoms with Crippen LogP contribution in [0.1, 0.15) is 29.4 Å². The number of nitrogens with two attached hydrogens (primary N) is 1. The van der Waals surface area contributed by atoms with E-state index in [1.807, 2.05) is 6.92 Å². The molecule has 2 aromatic heterocycles. The highest BCUT2D eigenvalue weighted by molar-refractivity contribution is 5.98. The van der Waals surface area contributed by atoms with Crippen molar-refractivity contribution < 1.29 is 23.6 Å². The third-order valence-corrected chi connectivity index (χ3v) is 4.96. The van der Waals surface area contributed by atoms with Crippen LogP contribution >= 0.6 is 0 Å². The number of aromatic nitrogens is 5. The number of benzene rings is 2. The van der Waals surface area contributed by atoms with E-state index < -0.39 is 5.91 Å². The van der Waals surface area contributed by atoms with Gasteiger partial charge in [0.1, 0.15) is 11.4 Å². The summed E-state index contributed by atoms with van der Waals surface area (Å²) in [5, 5.41) is 19.5. The number of nitrogen functional groups attached to an aromatic ring is 1. The van der Waals surface area contributed by atoms with Crippen LogP contribution in [0.2, 0.25) is 0 Å². The fourth-order valence-electron chi connectivity index (χ4n) is 3.32. The van der Waals surface area contributed by atoms with Crippen molar-refractivity contribution in [3.63, 3.8) is 0 Å². The van der Waals surface area contributed by atoms with E-state index in [2.05, 4.69) is 31.2 Å². The first-order valence-corrected chi connectivity index (χ1v) is 10.6. The Kier molecular flexibility index (Phi) is 5.94. The van der Waals surface area contributed by atoms with Crippen molar-refractivity contribution in [3.8, 4) is 34.3 Å². The smallest absolute Gasteiger partial charge is 0.294 e. The van der Waals surface area contributed by atoms with E-state index in [4.69, 9.17) is 24.6 Å². The van der Waals surface area contributed by atoms with Crippen LogP contribution in [0.25, 0.3) is 17.1 Å². The summed E-state index contributed by atoms with van der Waals surface area (Å²) in [4.78, 5) is 13.0. The Balaban J connectivity index is 1.42. The Hall–Kier alpha value is -4.94. The molecule has 13 nitrogen and oxygen atoms in total. The predicted octanol–water partition coefficient (Wildman–Crippen LogP) is 2.18. The number of carbonyl (C=O) groups is 1. The number of amides is 1. The lowest BCUT2D eigenvalue weighted by molar-refractivity contribution is 0.0950. The van der Waals surface area contributed by atoms with Gasteiger partial charge in [-0.1, -0.05) is 12.1 Å². The molecule has 0 bridgehead atoms. The fraction of sp³-hybridized carbons (Fsp3) is 0.182. The minimum Gasteiger partial charge on any atom is -0.494 e. The quantitative estimate of drug-likeness (QED) is 0.284. The van der Waals surface area contributed by atoms with Crippen molar-refractivity contribution in [3.05, 3.63) is 53.7 Å². The van der Waals surface area contributed by atoms with E-state index >= 15 is 0 Å². The number of anilines is 1. The van der Waals surface area contributed by atoms with E-state index in [1.165, 1.54) is 10.9 Å². The first-order valence-electron chi connectivity index (χ1n) is 10.6. The van der Waals surface area contributed by atoms with Crippen LogP contribution in [0.4, 0.5) is 5.82 Å². The molecule has 3 heterocycles. The van der Waals surface area contributed by atoms with Gasteiger partial charge in [-0.05, 0) is 64.8 Å². The van der Waals surface area contributed by atoms with Crippen molar-refractivity contribution >= 4 is 17.9 Å². The lowest BCUT2D eigenvalue weighted by atomic mass is 10.1. The Morgan fingerprint density at radius 3 is 2.80 bits per heavy atom. The van der Waals surface area contributed by atoms with Crippen LogP contribution in [0, 0.1) is 0 Å². The number of ether oxygens (including phenoxy) is 3. The molecule has 0 saturated heterocycles. The molecule has 1 aliphatic heterocycles. The number of hydrazone groups is 1. The van der Waals surface area contributed by atoms with Gasteiger partial charge in [0.25, 0.3) is 5.91 Å². The average molecular weight is 476 g/mol. The van der Waals surface area contributed by atoms with Gasteiger partial charge >= 0.3 is 0 Å². The molecule has 0 unspecified atom stereocenters. The molecule has 3 N–H and O–H groups in total. The maximum atomic E-state index is 13.0. The molecule has 0 fully saturated rings. The van der Waals surface area contributed by atoms with Gasteiger partial charge in [0.2, 0.25) is 18.4 Å². The average Bonchev–Trinajstić information content (AvgIpc) is 3.62. The molecule has 0 saturated carbocycles. The van der Waals surface area contributed by atoms with Crippen molar-refractivity contribution in [2.45, 2.75) is 13.3 Å². The largest absolute Gasteiger partial charge is 0.494 e. The van der Waals surface area contributed by atoms with Crippen molar-refractivity contribution in [2.75, 3.05) is 19.1 Å². The highest BCUT2D eigenvalue weighted by Crippen LogP contribution is 2.32. The summed E-state index contributed by atoms with van der Waals surface area (Å²) >= 11 is 0. The van der Waals surface area contributed by atoms with Gasteiger partial charge in [-0.2, -0.15) is 9.78 Å². The van der Waals surface area contributed by atoms with Crippen LogP contribution in [-0.2, 0) is 0 Å². The third-order valence-electron chi connectivity index (χ3n) is 4.96. The molecule has 2 aromatic carbocycles. The molecular weight excluding hydrogens is 456 g/mol. The SMILES string of the molecule is CCCOc1ccc(-c2c(C(=O)N/N=C/c3ccc4c(c3)OCO4)nnn2-c2nonc2N)cc1. The van der Waals surface area contributed by atoms with Gasteiger partial charge in [0.15, 0.2) is 17.2 Å². The first kappa shape index (κ1) is 21.9. The van der Waals surface area contributed by atoms with Gasteiger partial charge in [-0.25, -0.2) is 10.1 Å². The summed E-state index contributed by atoms with van der Waals surface area (Å²) in [6.45, 7) is 2.78. The maximum Gasteiger partial charge on any atom is 0.294 e. The number of carbonyl (C=O) groups excluding carboxylic acids is 1. The first-order chi connectivity index (χ1) is 17.1. The second-order valence-electron chi connectivity index (χ2n) is 7.36. The summed E-state index contributed by atoms with van der Waals surface area (Å²) < 4.78 is 22.3. The Morgan fingerprint density at radius 1 is 1.20 bits per heavy atom.